The third kappa shape index (κ3) is 3.97. The van der Waals surface area contributed by atoms with Crippen molar-refractivity contribution in [2.45, 2.75) is 0 Å². The molecule has 1 aromatic heterocycles. The number of anilines is 3. The number of benzene rings is 2. The molecule has 1 saturated heterocycles. The lowest BCUT2D eigenvalue weighted by atomic mass is 10.0. The number of piperazine rings is 1. The summed E-state index contributed by atoms with van der Waals surface area (Å²) in [6.45, 7) is 3.52. The molecule has 3 aromatic rings. The van der Waals surface area contributed by atoms with Gasteiger partial charge in [0.2, 0.25) is 0 Å². The predicted molar refractivity (Wildman–Crippen MR) is 111 cm³/mol. The molecule has 28 heavy (non-hydrogen) atoms. The molecular formula is C22H22N4O2. The van der Waals surface area contributed by atoms with Gasteiger partial charge in [0, 0.05) is 43.1 Å². The van der Waals surface area contributed by atoms with E-state index in [1.54, 1.807) is 12.1 Å². The summed E-state index contributed by atoms with van der Waals surface area (Å²) in [5.41, 5.74) is 3.43. The lowest BCUT2D eigenvalue weighted by Crippen LogP contribution is -2.43. The quantitative estimate of drug-likeness (QED) is 0.633. The van der Waals surface area contributed by atoms with Crippen molar-refractivity contribution in [1.82, 2.24) is 10.3 Å². The maximum absolute atomic E-state index is 11.7. The Bertz CT molecular complexity index is 952. The minimum Gasteiger partial charge on any atom is -0.478 e. The first-order valence-corrected chi connectivity index (χ1v) is 9.33. The van der Waals surface area contributed by atoms with Crippen LogP contribution < -0.4 is 15.5 Å². The number of carbonyl (C=O) groups is 1. The number of rotatable bonds is 5. The van der Waals surface area contributed by atoms with Gasteiger partial charge in [0.1, 0.15) is 5.82 Å². The van der Waals surface area contributed by atoms with Crippen molar-refractivity contribution >= 4 is 23.2 Å². The van der Waals surface area contributed by atoms with Gasteiger partial charge in [-0.2, -0.15) is 0 Å². The number of hydrogen-bond acceptors (Lipinski definition) is 5. The normalized spacial score (nSPS) is 13.9. The maximum atomic E-state index is 11.7. The van der Waals surface area contributed by atoms with E-state index in [9.17, 15) is 9.90 Å². The van der Waals surface area contributed by atoms with E-state index in [1.165, 1.54) is 0 Å². The molecule has 4 rings (SSSR count). The predicted octanol–water partition coefficient (Wildman–Crippen LogP) is 3.60. The van der Waals surface area contributed by atoms with Crippen molar-refractivity contribution in [3.05, 3.63) is 72.3 Å². The zero-order chi connectivity index (χ0) is 19.3. The minimum absolute atomic E-state index is 0.211. The summed E-state index contributed by atoms with van der Waals surface area (Å²) in [4.78, 5) is 18.6. The molecule has 6 heteroatoms. The van der Waals surface area contributed by atoms with Crippen LogP contribution in [-0.2, 0) is 0 Å². The van der Waals surface area contributed by atoms with E-state index < -0.39 is 5.97 Å². The van der Waals surface area contributed by atoms with Gasteiger partial charge in [0.05, 0.1) is 11.3 Å². The second kappa shape index (κ2) is 8.10. The molecule has 0 saturated carbocycles. The monoisotopic (exact) mass is 374 g/mol. The highest BCUT2D eigenvalue weighted by Crippen LogP contribution is 2.27. The van der Waals surface area contributed by atoms with E-state index in [2.05, 4.69) is 15.5 Å². The summed E-state index contributed by atoms with van der Waals surface area (Å²) in [6, 6.07) is 21.0. The molecule has 142 valence electrons. The Labute approximate surface area is 163 Å². The summed E-state index contributed by atoms with van der Waals surface area (Å²) in [5, 5.41) is 16.2. The zero-order valence-corrected chi connectivity index (χ0v) is 15.4. The topological polar surface area (TPSA) is 77.5 Å². The average molecular weight is 374 g/mol. The number of nitrogens with one attached hydrogen (secondary N) is 2. The number of aromatic carboxylic acids is 1. The summed E-state index contributed by atoms with van der Waals surface area (Å²) in [7, 11) is 0. The van der Waals surface area contributed by atoms with Gasteiger partial charge in [0.15, 0.2) is 0 Å². The van der Waals surface area contributed by atoms with E-state index in [4.69, 9.17) is 4.98 Å². The summed E-state index contributed by atoms with van der Waals surface area (Å²) >= 11 is 0. The van der Waals surface area contributed by atoms with Gasteiger partial charge in [-0.1, -0.05) is 30.3 Å². The van der Waals surface area contributed by atoms with E-state index >= 15 is 0 Å². The second-order valence-corrected chi connectivity index (χ2v) is 6.68. The van der Waals surface area contributed by atoms with Gasteiger partial charge in [-0.3, -0.25) is 0 Å². The van der Waals surface area contributed by atoms with E-state index in [0.29, 0.717) is 5.69 Å². The summed E-state index contributed by atoms with van der Waals surface area (Å²) in [6.07, 6.45) is 0. The van der Waals surface area contributed by atoms with Crippen LogP contribution in [0.5, 0.6) is 0 Å². The molecule has 2 heterocycles. The van der Waals surface area contributed by atoms with Gasteiger partial charge in [-0.05, 0) is 36.4 Å². The molecule has 0 radical (unpaired) electrons. The van der Waals surface area contributed by atoms with Crippen LogP contribution in [0.4, 0.5) is 17.2 Å². The van der Waals surface area contributed by atoms with Crippen LogP contribution in [0.1, 0.15) is 10.4 Å². The first-order chi connectivity index (χ1) is 13.7. The molecule has 0 bridgehead atoms. The SMILES string of the molecule is O=C(O)c1ccc(N2CCNCC2)nc1-c1ccc(Nc2ccccc2)cc1. The molecule has 6 nitrogen and oxygen atoms in total. The van der Waals surface area contributed by atoms with Crippen LogP contribution in [-0.4, -0.2) is 42.2 Å². The van der Waals surface area contributed by atoms with Gasteiger partial charge < -0.3 is 20.6 Å². The number of para-hydroxylation sites is 1. The molecule has 1 aliphatic heterocycles. The zero-order valence-electron chi connectivity index (χ0n) is 15.4. The summed E-state index contributed by atoms with van der Waals surface area (Å²) in [5.74, 6) is -0.158. The Kier molecular flexibility index (Phi) is 5.21. The van der Waals surface area contributed by atoms with Crippen molar-refractivity contribution < 1.29 is 9.90 Å². The lowest BCUT2D eigenvalue weighted by molar-refractivity contribution is 0.0697. The van der Waals surface area contributed by atoms with E-state index in [1.807, 2.05) is 54.6 Å². The third-order valence-corrected chi connectivity index (χ3v) is 4.77. The Hall–Kier alpha value is -3.38. The molecule has 3 N–H and O–H groups in total. The lowest BCUT2D eigenvalue weighted by Gasteiger charge is -2.28. The Balaban J connectivity index is 1.63. The van der Waals surface area contributed by atoms with Gasteiger partial charge in [-0.15, -0.1) is 0 Å². The Morgan fingerprint density at radius 2 is 1.61 bits per heavy atom. The van der Waals surface area contributed by atoms with E-state index in [-0.39, 0.29) is 5.56 Å². The fourth-order valence-corrected chi connectivity index (χ4v) is 3.31. The third-order valence-electron chi connectivity index (χ3n) is 4.77. The molecule has 1 fully saturated rings. The highest BCUT2D eigenvalue weighted by molar-refractivity contribution is 5.95. The highest BCUT2D eigenvalue weighted by Gasteiger charge is 2.18. The number of carboxylic acids is 1. The number of hydrogen-bond donors (Lipinski definition) is 3. The fraction of sp³-hybridized carbons (Fsp3) is 0.182. The summed E-state index contributed by atoms with van der Waals surface area (Å²) < 4.78 is 0. The van der Waals surface area contributed by atoms with Crippen LogP contribution in [0.15, 0.2) is 66.7 Å². The van der Waals surface area contributed by atoms with Gasteiger partial charge in [0.25, 0.3) is 0 Å². The van der Waals surface area contributed by atoms with Crippen LogP contribution in [0.2, 0.25) is 0 Å². The van der Waals surface area contributed by atoms with E-state index in [0.717, 1.165) is 48.9 Å². The Morgan fingerprint density at radius 1 is 0.929 bits per heavy atom. The van der Waals surface area contributed by atoms with Crippen molar-refractivity contribution in [2.24, 2.45) is 0 Å². The van der Waals surface area contributed by atoms with Crippen LogP contribution in [0, 0.1) is 0 Å². The van der Waals surface area contributed by atoms with Crippen molar-refractivity contribution in [1.29, 1.82) is 0 Å². The minimum atomic E-state index is -0.971. The molecule has 0 amide bonds. The first kappa shape index (κ1) is 18.0. The first-order valence-electron chi connectivity index (χ1n) is 9.33. The number of pyridine rings is 1. The molecular weight excluding hydrogens is 352 g/mol. The fourth-order valence-electron chi connectivity index (χ4n) is 3.31. The molecule has 1 aliphatic rings. The van der Waals surface area contributed by atoms with Crippen molar-refractivity contribution in [3.63, 3.8) is 0 Å². The molecule has 0 atom stereocenters. The largest absolute Gasteiger partial charge is 0.478 e. The standard InChI is InChI=1S/C22H22N4O2/c27-22(28)19-10-11-20(26-14-12-23-13-15-26)25-21(19)16-6-8-18(9-7-16)24-17-4-2-1-3-5-17/h1-11,23-24H,12-15H2,(H,27,28). The maximum Gasteiger partial charge on any atom is 0.337 e. The number of carboxylic acid groups (broad SMARTS) is 1. The van der Waals surface area contributed by atoms with Crippen LogP contribution in [0.25, 0.3) is 11.3 Å². The van der Waals surface area contributed by atoms with Crippen LogP contribution in [0.3, 0.4) is 0 Å². The second-order valence-electron chi connectivity index (χ2n) is 6.68. The number of nitrogens with zero attached hydrogens (tertiary/aromatic N) is 2. The Morgan fingerprint density at radius 3 is 2.29 bits per heavy atom. The molecule has 0 aliphatic carbocycles. The van der Waals surface area contributed by atoms with Crippen molar-refractivity contribution in [2.75, 3.05) is 36.4 Å². The molecule has 0 spiro atoms. The number of aromatic nitrogens is 1. The highest BCUT2D eigenvalue weighted by atomic mass is 16.4. The van der Waals surface area contributed by atoms with Gasteiger partial charge in [-0.25, -0.2) is 9.78 Å². The van der Waals surface area contributed by atoms with Crippen molar-refractivity contribution in [3.8, 4) is 11.3 Å². The molecule has 2 aromatic carbocycles. The smallest absolute Gasteiger partial charge is 0.337 e. The molecule has 0 unspecified atom stereocenters. The van der Waals surface area contributed by atoms with Crippen LogP contribution >= 0.6 is 0 Å². The van der Waals surface area contributed by atoms with Gasteiger partial charge >= 0.3 is 5.97 Å². The average Bonchev–Trinajstić information content (AvgIpc) is 2.75.